The zero-order valence-electron chi connectivity index (χ0n) is 14.9. The first kappa shape index (κ1) is 18.1. The smallest absolute Gasteiger partial charge is 0.263 e. The second kappa shape index (κ2) is 8.56. The number of carbonyl (C=O) groups excluding carboxylic acids is 1. The molecule has 0 atom stereocenters. The summed E-state index contributed by atoms with van der Waals surface area (Å²) in [6.45, 7) is -0.105. The van der Waals surface area contributed by atoms with Gasteiger partial charge in [0, 0.05) is 11.1 Å². The summed E-state index contributed by atoms with van der Waals surface area (Å²) >= 11 is 0. The average molecular weight is 366 g/mol. The minimum Gasteiger partial charge on any atom is -0.497 e. The molecule has 0 unspecified atom stereocenters. The highest BCUT2D eigenvalue weighted by Gasteiger charge is 2.09. The van der Waals surface area contributed by atoms with Crippen molar-refractivity contribution in [1.29, 1.82) is 0 Å². The number of hydrazone groups is 1. The van der Waals surface area contributed by atoms with E-state index >= 15 is 0 Å². The Morgan fingerprint density at radius 1 is 1.19 bits per heavy atom. The molecule has 3 rings (SSSR count). The SMILES string of the molecule is COc1ccc(OC)c(/C=N/NC(=O)Cn2nnc(-c3ccccc3)n2)c1. The molecule has 0 bridgehead atoms. The Labute approximate surface area is 155 Å². The van der Waals surface area contributed by atoms with Gasteiger partial charge in [-0.1, -0.05) is 30.3 Å². The lowest BCUT2D eigenvalue weighted by Crippen LogP contribution is -2.24. The number of ether oxygens (including phenoxy) is 2. The topological polar surface area (TPSA) is 104 Å². The van der Waals surface area contributed by atoms with Crippen molar-refractivity contribution in [2.45, 2.75) is 6.54 Å². The van der Waals surface area contributed by atoms with Crippen molar-refractivity contribution in [3.05, 3.63) is 54.1 Å². The normalized spacial score (nSPS) is 10.7. The first-order chi connectivity index (χ1) is 13.2. The van der Waals surface area contributed by atoms with Gasteiger partial charge in [-0.15, -0.1) is 10.2 Å². The quantitative estimate of drug-likeness (QED) is 0.502. The van der Waals surface area contributed by atoms with Gasteiger partial charge in [-0.25, -0.2) is 5.43 Å². The summed E-state index contributed by atoms with van der Waals surface area (Å²) in [5.74, 6) is 1.33. The number of carbonyl (C=O) groups is 1. The minimum absolute atomic E-state index is 0.105. The fraction of sp³-hybridized carbons (Fsp3) is 0.167. The molecule has 2 aromatic carbocycles. The summed E-state index contributed by atoms with van der Waals surface area (Å²) in [4.78, 5) is 13.2. The van der Waals surface area contributed by atoms with Crippen LogP contribution >= 0.6 is 0 Å². The van der Waals surface area contributed by atoms with Crippen LogP contribution in [0, 0.1) is 0 Å². The van der Waals surface area contributed by atoms with E-state index in [2.05, 4.69) is 25.9 Å². The van der Waals surface area contributed by atoms with Gasteiger partial charge in [-0.3, -0.25) is 4.79 Å². The molecule has 9 heteroatoms. The van der Waals surface area contributed by atoms with Crippen LogP contribution < -0.4 is 14.9 Å². The van der Waals surface area contributed by atoms with E-state index in [1.807, 2.05) is 30.3 Å². The van der Waals surface area contributed by atoms with E-state index in [1.54, 1.807) is 32.4 Å². The van der Waals surface area contributed by atoms with E-state index in [0.717, 1.165) is 5.56 Å². The largest absolute Gasteiger partial charge is 0.497 e. The Morgan fingerprint density at radius 3 is 2.74 bits per heavy atom. The van der Waals surface area contributed by atoms with Crippen molar-refractivity contribution >= 4 is 12.1 Å². The molecular formula is C18H18N6O3. The second-order valence-electron chi connectivity index (χ2n) is 5.41. The molecule has 1 amide bonds. The van der Waals surface area contributed by atoms with Crippen LogP contribution in [-0.2, 0) is 11.3 Å². The number of hydrogen-bond acceptors (Lipinski definition) is 7. The molecule has 0 saturated carbocycles. The number of hydrogen-bond donors (Lipinski definition) is 1. The number of amides is 1. The maximum atomic E-state index is 12.0. The highest BCUT2D eigenvalue weighted by atomic mass is 16.5. The third-order valence-corrected chi connectivity index (χ3v) is 3.60. The highest BCUT2D eigenvalue weighted by molar-refractivity contribution is 5.85. The zero-order chi connectivity index (χ0) is 19.1. The van der Waals surface area contributed by atoms with E-state index in [0.29, 0.717) is 22.9 Å². The lowest BCUT2D eigenvalue weighted by molar-refractivity contribution is -0.122. The van der Waals surface area contributed by atoms with Gasteiger partial charge in [0.15, 0.2) is 0 Å². The van der Waals surface area contributed by atoms with Gasteiger partial charge in [0.25, 0.3) is 5.91 Å². The van der Waals surface area contributed by atoms with Crippen molar-refractivity contribution < 1.29 is 14.3 Å². The summed E-state index contributed by atoms with van der Waals surface area (Å²) in [7, 11) is 3.12. The van der Waals surface area contributed by atoms with E-state index in [9.17, 15) is 4.79 Å². The van der Waals surface area contributed by atoms with Gasteiger partial charge < -0.3 is 9.47 Å². The summed E-state index contributed by atoms with van der Waals surface area (Å²) in [6.07, 6.45) is 1.48. The first-order valence-electron chi connectivity index (χ1n) is 8.07. The second-order valence-corrected chi connectivity index (χ2v) is 5.41. The Bertz CT molecular complexity index is 939. The molecule has 1 N–H and O–H groups in total. The van der Waals surface area contributed by atoms with Crippen LogP contribution in [0.3, 0.4) is 0 Å². The molecule has 0 aliphatic heterocycles. The van der Waals surface area contributed by atoms with Crippen molar-refractivity contribution in [2.24, 2.45) is 5.10 Å². The third kappa shape index (κ3) is 4.66. The number of benzene rings is 2. The number of aromatic nitrogens is 4. The maximum Gasteiger partial charge on any atom is 0.263 e. The Kier molecular flexibility index (Phi) is 5.73. The molecule has 1 heterocycles. The van der Waals surface area contributed by atoms with E-state index < -0.39 is 0 Å². The fourth-order valence-corrected chi connectivity index (χ4v) is 2.29. The van der Waals surface area contributed by atoms with Gasteiger partial charge >= 0.3 is 0 Å². The van der Waals surface area contributed by atoms with Gasteiger partial charge in [0.1, 0.15) is 18.0 Å². The monoisotopic (exact) mass is 366 g/mol. The number of nitrogens with zero attached hydrogens (tertiary/aromatic N) is 5. The average Bonchev–Trinajstić information content (AvgIpc) is 3.17. The lowest BCUT2D eigenvalue weighted by atomic mass is 10.2. The van der Waals surface area contributed by atoms with Crippen LogP contribution in [0.5, 0.6) is 11.5 Å². The predicted molar refractivity (Wildman–Crippen MR) is 98.5 cm³/mol. The predicted octanol–water partition coefficient (Wildman–Crippen LogP) is 1.51. The molecule has 9 nitrogen and oxygen atoms in total. The van der Waals surface area contributed by atoms with Crippen LogP contribution in [0.1, 0.15) is 5.56 Å². The van der Waals surface area contributed by atoms with Crippen molar-refractivity contribution in [3.63, 3.8) is 0 Å². The molecule has 27 heavy (non-hydrogen) atoms. The number of rotatable bonds is 7. The fourth-order valence-electron chi connectivity index (χ4n) is 2.29. The lowest BCUT2D eigenvalue weighted by Gasteiger charge is -2.06. The molecule has 138 valence electrons. The highest BCUT2D eigenvalue weighted by Crippen LogP contribution is 2.22. The van der Waals surface area contributed by atoms with Crippen LogP contribution in [0.25, 0.3) is 11.4 Å². The van der Waals surface area contributed by atoms with Gasteiger partial charge in [-0.2, -0.15) is 9.90 Å². The van der Waals surface area contributed by atoms with Crippen LogP contribution in [0.4, 0.5) is 0 Å². The minimum atomic E-state index is -0.384. The maximum absolute atomic E-state index is 12.0. The van der Waals surface area contributed by atoms with E-state index in [4.69, 9.17) is 9.47 Å². The number of methoxy groups -OCH3 is 2. The van der Waals surface area contributed by atoms with Crippen LogP contribution in [0.15, 0.2) is 53.6 Å². The van der Waals surface area contributed by atoms with Crippen molar-refractivity contribution in [2.75, 3.05) is 14.2 Å². The molecular weight excluding hydrogens is 348 g/mol. The first-order valence-corrected chi connectivity index (χ1v) is 8.07. The zero-order valence-corrected chi connectivity index (χ0v) is 14.9. The molecule has 0 saturated heterocycles. The molecule has 0 radical (unpaired) electrons. The van der Waals surface area contributed by atoms with Crippen molar-refractivity contribution in [1.82, 2.24) is 25.6 Å². The van der Waals surface area contributed by atoms with Gasteiger partial charge in [-0.05, 0) is 23.4 Å². The Balaban J connectivity index is 1.60. The summed E-state index contributed by atoms with van der Waals surface area (Å²) < 4.78 is 10.4. The van der Waals surface area contributed by atoms with Crippen LogP contribution in [0.2, 0.25) is 0 Å². The summed E-state index contributed by atoms with van der Waals surface area (Å²) in [5.41, 5.74) is 3.92. The van der Waals surface area contributed by atoms with E-state index in [1.165, 1.54) is 11.0 Å². The molecule has 0 spiro atoms. The number of nitrogens with one attached hydrogen (secondary N) is 1. The molecule has 0 aliphatic rings. The number of tetrazole rings is 1. The molecule has 3 aromatic rings. The third-order valence-electron chi connectivity index (χ3n) is 3.60. The molecule has 0 fully saturated rings. The van der Waals surface area contributed by atoms with Gasteiger partial charge in [0.05, 0.1) is 20.4 Å². The molecule has 1 aromatic heterocycles. The summed E-state index contributed by atoms with van der Waals surface area (Å²) in [5, 5.41) is 15.9. The van der Waals surface area contributed by atoms with E-state index in [-0.39, 0.29) is 12.5 Å². The Hall–Kier alpha value is -3.75. The Morgan fingerprint density at radius 2 is 2.00 bits per heavy atom. The van der Waals surface area contributed by atoms with Gasteiger partial charge in [0.2, 0.25) is 5.82 Å². The summed E-state index contributed by atoms with van der Waals surface area (Å²) in [6, 6.07) is 14.7. The van der Waals surface area contributed by atoms with Crippen LogP contribution in [-0.4, -0.2) is 46.5 Å². The molecule has 0 aliphatic carbocycles. The van der Waals surface area contributed by atoms with Crippen molar-refractivity contribution in [3.8, 4) is 22.9 Å². The standard InChI is InChI=1S/C18H18N6O3/c1-26-15-8-9-16(27-2)14(10-15)11-19-20-17(25)12-24-22-18(21-23-24)13-6-4-3-5-7-13/h3-11H,12H2,1-2H3,(H,20,25)/b19-11+.